The number of pyridine rings is 2. The highest BCUT2D eigenvalue weighted by atomic mass is 19.1. The van der Waals surface area contributed by atoms with Gasteiger partial charge in [-0.2, -0.15) is 0 Å². The van der Waals surface area contributed by atoms with E-state index in [1.165, 1.54) is 17.7 Å². The van der Waals surface area contributed by atoms with Crippen LogP contribution in [-0.2, 0) is 13.0 Å². The van der Waals surface area contributed by atoms with Crippen molar-refractivity contribution < 1.29 is 4.39 Å². The van der Waals surface area contributed by atoms with Gasteiger partial charge in [-0.15, -0.1) is 12.8 Å². The van der Waals surface area contributed by atoms with E-state index in [-0.39, 0.29) is 5.82 Å². The van der Waals surface area contributed by atoms with Crippen molar-refractivity contribution in [1.82, 2.24) is 15.3 Å². The van der Waals surface area contributed by atoms with Crippen LogP contribution in [0.1, 0.15) is 29.2 Å². The maximum atomic E-state index is 13.4. The Morgan fingerprint density at radius 1 is 1.05 bits per heavy atom. The number of hydrogen-bond donors (Lipinski definition) is 3. The van der Waals surface area contributed by atoms with Crippen molar-refractivity contribution in [1.29, 1.82) is 0 Å². The van der Waals surface area contributed by atoms with E-state index >= 15 is 0 Å². The first-order valence-corrected chi connectivity index (χ1v) is 13.9. The summed E-state index contributed by atoms with van der Waals surface area (Å²) in [5.74, 6) is 0.183. The molecule has 5 nitrogen and oxygen atoms in total. The van der Waals surface area contributed by atoms with Crippen LogP contribution >= 0.6 is 0 Å². The van der Waals surface area contributed by atoms with Crippen molar-refractivity contribution in [2.45, 2.75) is 26.8 Å². The molecule has 4 aromatic rings. The number of allylic oxidation sites excluding steroid dienone is 4. The number of nitrogens with one attached hydrogen (secondary N) is 2. The number of anilines is 2. The highest BCUT2D eigenvalue weighted by Gasteiger charge is 2.11. The molecule has 0 aliphatic rings. The van der Waals surface area contributed by atoms with Gasteiger partial charge in [0.05, 0.1) is 5.69 Å². The van der Waals surface area contributed by atoms with Crippen LogP contribution in [0.4, 0.5) is 15.9 Å². The zero-order chi connectivity index (χ0) is 31.2. The Labute approximate surface area is 254 Å². The Bertz CT molecular complexity index is 1620. The molecule has 0 unspecified atom stereocenters. The van der Waals surface area contributed by atoms with Crippen LogP contribution in [-0.4, -0.2) is 16.5 Å². The topological polar surface area (TPSA) is 75.9 Å². The second kappa shape index (κ2) is 16.3. The summed E-state index contributed by atoms with van der Waals surface area (Å²) in [5, 5.41) is 6.89. The third-order valence-electron chi connectivity index (χ3n) is 6.79. The van der Waals surface area contributed by atoms with Crippen LogP contribution < -0.4 is 16.4 Å². The van der Waals surface area contributed by atoms with Crippen molar-refractivity contribution in [3.8, 4) is 24.1 Å². The van der Waals surface area contributed by atoms with E-state index in [4.69, 9.17) is 5.73 Å². The molecule has 43 heavy (non-hydrogen) atoms. The smallest absolute Gasteiger partial charge is 0.126 e. The number of halogens is 1. The maximum absolute atomic E-state index is 13.4. The molecule has 6 heteroatoms. The predicted molar refractivity (Wildman–Crippen MR) is 179 cm³/mol. The molecule has 2 aromatic heterocycles. The molecule has 0 aliphatic heterocycles. The summed E-state index contributed by atoms with van der Waals surface area (Å²) in [5.41, 5.74) is 15.7. The first-order chi connectivity index (χ1) is 20.9. The summed E-state index contributed by atoms with van der Waals surface area (Å²) in [7, 11) is 0. The average molecular weight is 572 g/mol. The van der Waals surface area contributed by atoms with Gasteiger partial charge in [0, 0.05) is 60.0 Å². The number of nitrogen functional groups attached to an aromatic ring is 1. The summed E-state index contributed by atoms with van der Waals surface area (Å²) in [4.78, 5) is 8.98. The molecular formula is C37H38FN5. The standard InChI is InChI=1S/C35H36FN5.C2H2/c1-5-26(21-38-22-27-10-8-7-9-11-27)19-28(6-2)31-20-30(35(37)40-23-31)18-24(3)41-33-16-17-39-34(25(33)4)29-12-14-32(36)15-13-29;1-2/h5-17,19-20,23,38H,1,3,18,21-22H2,2,4H3,(H2,37,40)(H,39,41);1-2H/b26-19+,28-6+;. The van der Waals surface area contributed by atoms with E-state index in [2.05, 4.69) is 77.0 Å². The lowest BCUT2D eigenvalue weighted by molar-refractivity contribution is 0.628. The van der Waals surface area contributed by atoms with Gasteiger partial charge in [0.1, 0.15) is 11.6 Å². The van der Waals surface area contributed by atoms with Crippen molar-refractivity contribution in [2.75, 3.05) is 17.6 Å². The van der Waals surface area contributed by atoms with Crippen molar-refractivity contribution in [3.63, 3.8) is 0 Å². The average Bonchev–Trinajstić information content (AvgIpc) is 3.03. The Morgan fingerprint density at radius 3 is 2.44 bits per heavy atom. The summed E-state index contributed by atoms with van der Waals surface area (Å²) < 4.78 is 13.4. The first kappa shape index (κ1) is 32.3. The molecule has 4 N–H and O–H groups in total. The van der Waals surface area contributed by atoms with Crippen LogP contribution in [0.2, 0.25) is 0 Å². The second-order valence-corrected chi connectivity index (χ2v) is 9.77. The minimum atomic E-state index is -0.278. The molecule has 2 heterocycles. The number of aromatic nitrogens is 2. The van der Waals surface area contributed by atoms with Gasteiger partial charge in [0.15, 0.2) is 0 Å². The van der Waals surface area contributed by atoms with E-state index < -0.39 is 0 Å². The van der Waals surface area contributed by atoms with E-state index in [0.29, 0.717) is 18.8 Å². The molecule has 0 amide bonds. The van der Waals surface area contributed by atoms with Gasteiger partial charge in [0.2, 0.25) is 0 Å². The number of benzene rings is 2. The van der Waals surface area contributed by atoms with Gasteiger partial charge in [-0.25, -0.2) is 9.37 Å². The highest BCUT2D eigenvalue weighted by Crippen LogP contribution is 2.28. The zero-order valence-electron chi connectivity index (χ0n) is 24.8. The van der Waals surface area contributed by atoms with Gasteiger partial charge >= 0.3 is 0 Å². The van der Waals surface area contributed by atoms with Crippen LogP contribution in [0.5, 0.6) is 0 Å². The summed E-state index contributed by atoms with van der Waals surface area (Å²) in [6.07, 6.45) is 18.1. The van der Waals surface area contributed by atoms with Crippen molar-refractivity contribution >= 4 is 17.1 Å². The van der Waals surface area contributed by atoms with E-state index in [9.17, 15) is 4.39 Å². The predicted octanol–water partition coefficient (Wildman–Crippen LogP) is 7.90. The molecule has 218 valence electrons. The van der Waals surface area contributed by atoms with Crippen LogP contribution in [0.25, 0.3) is 16.8 Å². The highest BCUT2D eigenvalue weighted by molar-refractivity contribution is 5.76. The Balaban J connectivity index is 0.00000248. The van der Waals surface area contributed by atoms with Crippen LogP contribution in [0.3, 0.4) is 0 Å². The molecule has 0 spiro atoms. The zero-order valence-corrected chi connectivity index (χ0v) is 24.8. The molecule has 0 saturated heterocycles. The Morgan fingerprint density at radius 2 is 1.77 bits per heavy atom. The molecule has 0 bridgehead atoms. The van der Waals surface area contributed by atoms with Crippen LogP contribution in [0, 0.1) is 25.6 Å². The van der Waals surface area contributed by atoms with Crippen molar-refractivity contribution in [2.24, 2.45) is 0 Å². The Kier molecular flexibility index (Phi) is 12.2. The van der Waals surface area contributed by atoms with Crippen molar-refractivity contribution in [3.05, 3.63) is 150 Å². The molecular weight excluding hydrogens is 533 g/mol. The van der Waals surface area contributed by atoms with Crippen LogP contribution in [0.15, 0.2) is 122 Å². The number of rotatable bonds is 12. The maximum Gasteiger partial charge on any atom is 0.126 e. The van der Waals surface area contributed by atoms with Gasteiger partial charge in [-0.1, -0.05) is 61.7 Å². The number of hydrogen-bond acceptors (Lipinski definition) is 5. The molecule has 0 atom stereocenters. The lowest BCUT2D eigenvalue weighted by Gasteiger charge is -2.16. The summed E-state index contributed by atoms with van der Waals surface area (Å²) in [6.45, 7) is 13.7. The minimum absolute atomic E-state index is 0.278. The van der Waals surface area contributed by atoms with Gasteiger partial charge in [0.25, 0.3) is 0 Å². The lowest BCUT2D eigenvalue weighted by atomic mass is 10.0. The summed E-state index contributed by atoms with van der Waals surface area (Å²) >= 11 is 0. The van der Waals surface area contributed by atoms with Gasteiger partial charge in [-0.05, 0) is 72.5 Å². The lowest BCUT2D eigenvalue weighted by Crippen LogP contribution is -2.16. The van der Waals surface area contributed by atoms with E-state index in [1.807, 2.05) is 44.2 Å². The fourth-order valence-electron chi connectivity index (χ4n) is 4.52. The van der Waals surface area contributed by atoms with E-state index in [1.54, 1.807) is 24.5 Å². The fourth-order valence-corrected chi connectivity index (χ4v) is 4.52. The minimum Gasteiger partial charge on any atom is -0.383 e. The third-order valence-corrected chi connectivity index (χ3v) is 6.79. The molecule has 0 fully saturated rings. The Hall–Kier alpha value is -5.25. The first-order valence-electron chi connectivity index (χ1n) is 13.9. The van der Waals surface area contributed by atoms with E-state index in [0.717, 1.165) is 57.0 Å². The fraction of sp³-hybridized carbons (Fsp3) is 0.135. The normalized spacial score (nSPS) is 11.3. The van der Waals surface area contributed by atoms with Gasteiger partial charge < -0.3 is 16.4 Å². The summed E-state index contributed by atoms with van der Waals surface area (Å²) in [6, 6.07) is 20.6. The quantitative estimate of drug-likeness (QED) is 0.119. The monoisotopic (exact) mass is 571 g/mol. The molecule has 0 aliphatic carbocycles. The van der Waals surface area contributed by atoms with Gasteiger partial charge in [-0.3, -0.25) is 4.98 Å². The number of nitrogens with two attached hydrogens (primary N) is 1. The SMILES string of the molecule is C#C.C=C/C(=C\C(=C/C)c1cnc(N)c(CC(=C)Nc2ccnc(-c3ccc(F)cc3)c2C)c1)CNCc1ccccc1. The molecule has 0 saturated carbocycles. The molecule has 2 aromatic carbocycles. The molecule has 0 radical (unpaired) electrons. The number of nitrogens with zero attached hydrogens (tertiary/aromatic N) is 2. The third kappa shape index (κ3) is 9.12. The molecule has 4 rings (SSSR count). The second-order valence-electron chi connectivity index (χ2n) is 9.77. The largest absolute Gasteiger partial charge is 0.383 e. The number of terminal acetylenes is 1.